The Bertz CT molecular complexity index is 1640. The Balaban J connectivity index is 1.38. The lowest BCUT2D eigenvalue weighted by molar-refractivity contribution is 1.06. The van der Waals surface area contributed by atoms with Gasteiger partial charge in [-0.1, -0.05) is 6.08 Å². The molecule has 0 saturated heterocycles. The summed E-state index contributed by atoms with van der Waals surface area (Å²) in [5.41, 5.74) is 8.38. The van der Waals surface area contributed by atoms with Crippen molar-refractivity contribution >= 4 is 28.3 Å². The molecular formula is C25H17N7. The molecule has 0 aromatic carbocycles. The SMILES string of the molecule is C1=C(c2ccncc2)C2CC2=c2c(-c3nc4c(-c5ccncc5)nccc4[nH]3)n[nH]c2=C1. The van der Waals surface area contributed by atoms with Gasteiger partial charge in [-0.05, 0) is 59.5 Å². The zero-order valence-corrected chi connectivity index (χ0v) is 16.9. The van der Waals surface area contributed by atoms with Gasteiger partial charge in [0.2, 0.25) is 0 Å². The van der Waals surface area contributed by atoms with Crippen LogP contribution in [0.15, 0.2) is 67.4 Å². The third kappa shape index (κ3) is 2.58. The third-order valence-corrected chi connectivity index (χ3v) is 6.20. The number of fused-ring (bicyclic) bond motifs is 3. The minimum atomic E-state index is 0.407. The van der Waals surface area contributed by atoms with E-state index in [0.717, 1.165) is 50.8 Å². The van der Waals surface area contributed by atoms with Crippen molar-refractivity contribution in [2.24, 2.45) is 5.92 Å². The van der Waals surface area contributed by atoms with Gasteiger partial charge in [-0.15, -0.1) is 0 Å². The summed E-state index contributed by atoms with van der Waals surface area (Å²) in [6.07, 6.45) is 14.4. The number of pyridine rings is 3. The Morgan fingerprint density at radius 2 is 1.59 bits per heavy atom. The van der Waals surface area contributed by atoms with E-state index in [2.05, 4.69) is 54.4 Å². The van der Waals surface area contributed by atoms with Gasteiger partial charge in [-0.25, -0.2) is 4.98 Å². The molecule has 1 saturated carbocycles. The Kier molecular flexibility index (Phi) is 3.54. The van der Waals surface area contributed by atoms with Crippen LogP contribution in [0.5, 0.6) is 0 Å². The Hall–Kier alpha value is -4.39. The smallest absolute Gasteiger partial charge is 0.159 e. The van der Waals surface area contributed by atoms with Gasteiger partial charge in [-0.2, -0.15) is 5.10 Å². The predicted octanol–water partition coefficient (Wildman–Crippen LogP) is 2.85. The third-order valence-electron chi connectivity index (χ3n) is 6.20. The van der Waals surface area contributed by atoms with E-state index >= 15 is 0 Å². The van der Waals surface area contributed by atoms with E-state index in [4.69, 9.17) is 4.98 Å². The highest BCUT2D eigenvalue weighted by Crippen LogP contribution is 2.48. The van der Waals surface area contributed by atoms with E-state index in [0.29, 0.717) is 5.92 Å². The first kappa shape index (κ1) is 17.3. The maximum Gasteiger partial charge on any atom is 0.159 e. The summed E-state index contributed by atoms with van der Waals surface area (Å²) in [7, 11) is 0. The van der Waals surface area contributed by atoms with E-state index in [1.54, 1.807) is 18.6 Å². The molecule has 0 radical (unpaired) electrons. The zero-order chi connectivity index (χ0) is 21.1. The quantitative estimate of drug-likeness (QED) is 0.472. The summed E-state index contributed by atoms with van der Waals surface area (Å²) in [5, 5.41) is 10.0. The topological polar surface area (TPSA) is 96.0 Å². The molecule has 5 aromatic rings. The first-order chi connectivity index (χ1) is 15.9. The minimum Gasteiger partial charge on any atom is -0.336 e. The molecule has 2 aliphatic rings. The second-order valence-corrected chi connectivity index (χ2v) is 8.04. The summed E-state index contributed by atoms with van der Waals surface area (Å²) in [6, 6.07) is 9.98. The number of hydrogen-bond acceptors (Lipinski definition) is 5. The van der Waals surface area contributed by atoms with E-state index in [9.17, 15) is 0 Å². The van der Waals surface area contributed by atoms with Crippen molar-refractivity contribution in [3.05, 3.63) is 83.5 Å². The normalized spacial score (nSPS) is 16.7. The minimum absolute atomic E-state index is 0.407. The highest BCUT2D eigenvalue weighted by atomic mass is 15.1. The molecule has 7 nitrogen and oxygen atoms in total. The summed E-state index contributed by atoms with van der Waals surface area (Å²) >= 11 is 0. The van der Waals surface area contributed by atoms with Gasteiger partial charge in [-0.3, -0.25) is 20.1 Å². The van der Waals surface area contributed by atoms with Crippen LogP contribution >= 0.6 is 0 Å². The number of aromatic nitrogens is 7. The van der Waals surface area contributed by atoms with Crippen molar-refractivity contribution in [2.75, 3.05) is 0 Å². The molecule has 0 bridgehead atoms. The van der Waals surface area contributed by atoms with Crippen molar-refractivity contribution in [1.29, 1.82) is 0 Å². The van der Waals surface area contributed by atoms with E-state index < -0.39 is 0 Å². The van der Waals surface area contributed by atoms with Crippen molar-refractivity contribution < 1.29 is 0 Å². The number of nitrogens with zero attached hydrogens (tertiary/aromatic N) is 5. The summed E-state index contributed by atoms with van der Waals surface area (Å²) < 4.78 is 0. The summed E-state index contributed by atoms with van der Waals surface area (Å²) in [4.78, 5) is 21.2. The average molecular weight is 415 g/mol. The van der Waals surface area contributed by atoms with Crippen LogP contribution in [-0.4, -0.2) is 35.1 Å². The Morgan fingerprint density at radius 3 is 2.41 bits per heavy atom. The largest absolute Gasteiger partial charge is 0.336 e. The van der Waals surface area contributed by atoms with Gasteiger partial charge in [0.15, 0.2) is 5.82 Å². The molecule has 7 rings (SSSR count). The number of allylic oxidation sites excluding steroid dienone is 2. The molecule has 0 aliphatic heterocycles. The van der Waals surface area contributed by atoms with Crippen molar-refractivity contribution in [1.82, 2.24) is 35.1 Å². The van der Waals surface area contributed by atoms with E-state index in [1.165, 1.54) is 16.7 Å². The summed E-state index contributed by atoms with van der Waals surface area (Å²) in [5.74, 6) is 1.16. The van der Waals surface area contributed by atoms with E-state index in [-0.39, 0.29) is 0 Å². The maximum atomic E-state index is 4.93. The lowest BCUT2D eigenvalue weighted by Gasteiger charge is -2.03. The molecule has 1 unspecified atom stereocenters. The molecule has 0 spiro atoms. The van der Waals surface area contributed by atoms with Crippen LogP contribution in [0.2, 0.25) is 0 Å². The Labute approximate surface area is 182 Å². The highest BCUT2D eigenvalue weighted by Gasteiger charge is 2.37. The van der Waals surface area contributed by atoms with Crippen LogP contribution in [0.1, 0.15) is 12.0 Å². The molecule has 5 aromatic heterocycles. The molecule has 5 heterocycles. The first-order valence-corrected chi connectivity index (χ1v) is 10.5. The second-order valence-electron chi connectivity index (χ2n) is 8.04. The summed E-state index contributed by atoms with van der Waals surface area (Å²) in [6.45, 7) is 0. The fourth-order valence-electron chi connectivity index (χ4n) is 4.61. The van der Waals surface area contributed by atoms with Crippen LogP contribution in [-0.2, 0) is 0 Å². The van der Waals surface area contributed by atoms with Crippen LogP contribution in [0, 0.1) is 5.92 Å². The van der Waals surface area contributed by atoms with Crippen molar-refractivity contribution in [3.8, 4) is 22.8 Å². The second kappa shape index (κ2) is 6.55. The molecule has 32 heavy (non-hydrogen) atoms. The molecule has 152 valence electrons. The molecule has 7 heteroatoms. The van der Waals surface area contributed by atoms with Crippen LogP contribution in [0.4, 0.5) is 0 Å². The number of aromatic amines is 2. The number of imidazole rings is 1. The van der Waals surface area contributed by atoms with Crippen LogP contribution in [0.25, 0.3) is 51.0 Å². The fraction of sp³-hybridized carbons (Fsp3) is 0.0800. The number of rotatable bonds is 3. The van der Waals surface area contributed by atoms with Crippen LogP contribution in [0.3, 0.4) is 0 Å². The van der Waals surface area contributed by atoms with Crippen molar-refractivity contribution in [3.63, 3.8) is 0 Å². The molecular weight excluding hydrogens is 398 g/mol. The fourth-order valence-corrected chi connectivity index (χ4v) is 4.61. The number of nitrogens with one attached hydrogen (secondary N) is 2. The van der Waals surface area contributed by atoms with Crippen molar-refractivity contribution in [2.45, 2.75) is 6.42 Å². The number of H-pyrrole nitrogens is 2. The van der Waals surface area contributed by atoms with Gasteiger partial charge in [0, 0.05) is 47.7 Å². The lowest BCUT2D eigenvalue weighted by atomic mass is 10.0. The van der Waals surface area contributed by atoms with Gasteiger partial charge < -0.3 is 4.98 Å². The maximum absolute atomic E-state index is 4.93. The van der Waals surface area contributed by atoms with E-state index in [1.807, 2.05) is 30.6 Å². The number of hydrogen-bond donors (Lipinski definition) is 2. The lowest BCUT2D eigenvalue weighted by Crippen LogP contribution is -2.23. The average Bonchev–Trinajstić information content (AvgIpc) is 3.34. The first-order valence-electron chi connectivity index (χ1n) is 10.5. The highest BCUT2D eigenvalue weighted by molar-refractivity contribution is 5.92. The predicted molar refractivity (Wildman–Crippen MR) is 122 cm³/mol. The zero-order valence-electron chi connectivity index (χ0n) is 16.9. The monoisotopic (exact) mass is 415 g/mol. The standard InChI is InChI=1S/C25H17N7/c1-2-19-21(18-13-17(18)16(1)14-3-8-26-9-4-14)24(32-31-19)25-29-20-7-12-28-22(23(20)30-25)15-5-10-27-11-6-15/h1-12,17,31H,13H2,(H,29,30). The molecule has 0 amide bonds. The Morgan fingerprint density at radius 1 is 0.812 bits per heavy atom. The van der Waals surface area contributed by atoms with Gasteiger partial charge in [0.25, 0.3) is 0 Å². The van der Waals surface area contributed by atoms with Gasteiger partial charge in [0.05, 0.1) is 16.6 Å². The van der Waals surface area contributed by atoms with Gasteiger partial charge >= 0.3 is 0 Å². The molecule has 2 aliphatic carbocycles. The molecule has 2 N–H and O–H groups in total. The molecule has 1 atom stereocenters. The van der Waals surface area contributed by atoms with Crippen LogP contribution < -0.4 is 10.6 Å². The molecule has 1 fully saturated rings. The van der Waals surface area contributed by atoms with Gasteiger partial charge in [0.1, 0.15) is 11.2 Å².